The van der Waals surface area contributed by atoms with Gasteiger partial charge in [0.2, 0.25) is 0 Å². The van der Waals surface area contributed by atoms with E-state index in [0.717, 1.165) is 5.56 Å². The summed E-state index contributed by atoms with van der Waals surface area (Å²) in [5.41, 5.74) is 6.40. The fourth-order valence-corrected chi connectivity index (χ4v) is 1.27. The van der Waals surface area contributed by atoms with Gasteiger partial charge in [-0.25, -0.2) is 0 Å². The predicted octanol–water partition coefficient (Wildman–Crippen LogP) is 0.0211. The van der Waals surface area contributed by atoms with Crippen molar-refractivity contribution < 1.29 is 14.6 Å². The Morgan fingerprint density at radius 1 is 1.53 bits per heavy atom. The third-order valence-corrected chi connectivity index (χ3v) is 2.15. The molecule has 0 spiro atoms. The van der Waals surface area contributed by atoms with Gasteiger partial charge in [0, 0.05) is 18.7 Å². The lowest BCUT2D eigenvalue weighted by atomic mass is 10.2. The quantitative estimate of drug-likeness (QED) is 0.652. The molecule has 0 aliphatic rings. The minimum Gasteiger partial charge on any atom is -0.483 e. The smallest absolute Gasteiger partial charge is 0.258 e. The summed E-state index contributed by atoms with van der Waals surface area (Å²) < 4.78 is 5.35. The van der Waals surface area contributed by atoms with E-state index < -0.39 is 6.10 Å². The van der Waals surface area contributed by atoms with Crippen LogP contribution in [-0.4, -0.2) is 30.3 Å². The van der Waals surface area contributed by atoms with Crippen molar-refractivity contribution in [2.45, 2.75) is 19.6 Å². The summed E-state index contributed by atoms with van der Waals surface area (Å²) in [7, 11) is 0. The maximum Gasteiger partial charge on any atom is 0.258 e. The average molecular weight is 238 g/mol. The fraction of sp³-hybridized carbons (Fsp3) is 0.417. The topological polar surface area (TPSA) is 84.6 Å². The van der Waals surface area contributed by atoms with E-state index in [-0.39, 0.29) is 19.1 Å². The number of benzene rings is 1. The fourth-order valence-electron chi connectivity index (χ4n) is 1.27. The van der Waals surface area contributed by atoms with Crippen molar-refractivity contribution >= 4 is 5.91 Å². The minimum atomic E-state index is -0.560. The van der Waals surface area contributed by atoms with E-state index in [1.165, 1.54) is 0 Å². The lowest BCUT2D eigenvalue weighted by molar-refractivity contribution is -0.123. The Hall–Kier alpha value is -1.59. The van der Waals surface area contributed by atoms with Gasteiger partial charge in [-0.1, -0.05) is 18.2 Å². The molecule has 5 nitrogen and oxygen atoms in total. The number of rotatable bonds is 6. The number of carbonyl (C=O) groups is 1. The van der Waals surface area contributed by atoms with Crippen LogP contribution in [0.3, 0.4) is 0 Å². The molecular weight excluding hydrogens is 220 g/mol. The Kier molecular flexibility index (Phi) is 5.45. The molecule has 0 fully saturated rings. The standard InChI is InChI=1S/C12H18N2O3/c1-9(15)7-14-12(16)8-17-11-5-3-2-4-10(11)6-13/h2-5,9,15H,6-8,13H2,1H3,(H,14,16)/t9-/m0/s1. The number of ether oxygens (including phenoxy) is 1. The van der Waals surface area contributed by atoms with Gasteiger partial charge < -0.3 is 20.9 Å². The Bertz CT molecular complexity index is 367. The maximum atomic E-state index is 11.3. The number of aliphatic hydroxyl groups is 1. The van der Waals surface area contributed by atoms with Gasteiger partial charge in [0.25, 0.3) is 5.91 Å². The lowest BCUT2D eigenvalue weighted by Gasteiger charge is -2.11. The first-order valence-corrected chi connectivity index (χ1v) is 5.49. The second kappa shape index (κ2) is 6.88. The Morgan fingerprint density at radius 3 is 2.88 bits per heavy atom. The molecule has 0 saturated carbocycles. The van der Waals surface area contributed by atoms with Gasteiger partial charge in [0.1, 0.15) is 5.75 Å². The Labute approximate surface area is 101 Å². The van der Waals surface area contributed by atoms with Crippen molar-refractivity contribution in [3.63, 3.8) is 0 Å². The molecule has 94 valence electrons. The van der Waals surface area contributed by atoms with Crippen LogP contribution in [0.5, 0.6) is 5.75 Å². The number of nitrogens with one attached hydrogen (secondary N) is 1. The summed E-state index contributed by atoms with van der Waals surface area (Å²) in [5.74, 6) is 0.347. The molecule has 0 bridgehead atoms. The number of nitrogens with two attached hydrogens (primary N) is 1. The number of hydrogen-bond acceptors (Lipinski definition) is 4. The third-order valence-electron chi connectivity index (χ3n) is 2.15. The van der Waals surface area contributed by atoms with Gasteiger partial charge in [-0.3, -0.25) is 4.79 Å². The minimum absolute atomic E-state index is 0.0796. The molecule has 1 aromatic rings. The van der Waals surface area contributed by atoms with Crippen molar-refractivity contribution in [3.8, 4) is 5.75 Å². The van der Waals surface area contributed by atoms with Gasteiger partial charge >= 0.3 is 0 Å². The molecule has 5 heteroatoms. The van der Waals surface area contributed by atoms with Crippen LogP contribution in [0.2, 0.25) is 0 Å². The van der Waals surface area contributed by atoms with Crippen LogP contribution in [0.1, 0.15) is 12.5 Å². The summed E-state index contributed by atoms with van der Waals surface area (Å²) in [6, 6.07) is 7.30. The van der Waals surface area contributed by atoms with Crippen molar-refractivity contribution in [1.29, 1.82) is 0 Å². The van der Waals surface area contributed by atoms with Crippen molar-refractivity contribution in [3.05, 3.63) is 29.8 Å². The van der Waals surface area contributed by atoms with Crippen molar-refractivity contribution in [1.82, 2.24) is 5.32 Å². The zero-order chi connectivity index (χ0) is 12.7. The number of amides is 1. The first kappa shape index (κ1) is 13.5. The Balaban J connectivity index is 2.42. The van der Waals surface area contributed by atoms with Gasteiger partial charge in [-0.2, -0.15) is 0 Å². The summed E-state index contributed by atoms with van der Waals surface area (Å²) >= 11 is 0. The highest BCUT2D eigenvalue weighted by atomic mass is 16.5. The zero-order valence-corrected chi connectivity index (χ0v) is 9.85. The van der Waals surface area contributed by atoms with Crippen molar-refractivity contribution in [2.24, 2.45) is 5.73 Å². The van der Waals surface area contributed by atoms with Crippen LogP contribution in [-0.2, 0) is 11.3 Å². The molecule has 0 heterocycles. The van der Waals surface area contributed by atoms with E-state index in [1.54, 1.807) is 13.0 Å². The monoisotopic (exact) mass is 238 g/mol. The van der Waals surface area contributed by atoms with Crippen molar-refractivity contribution in [2.75, 3.05) is 13.2 Å². The molecule has 1 atom stereocenters. The van der Waals surface area contributed by atoms with Gasteiger partial charge in [-0.05, 0) is 13.0 Å². The molecule has 0 aliphatic heterocycles. The highest BCUT2D eigenvalue weighted by Gasteiger charge is 2.06. The highest BCUT2D eigenvalue weighted by molar-refractivity contribution is 5.77. The first-order valence-electron chi connectivity index (χ1n) is 5.49. The molecule has 0 aliphatic carbocycles. The normalized spacial score (nSPS) is 11.9. The van der Waals surface area contributed by atoms with Crippen LogP contribution >= 0.6 is 0 Å². The molecule has 0 saturated heterocycles. The van der Waals surface area contributed by atoms with Crippen LogP contribution in [0.4, 0.5) is 0 Å². The van der Waals surface area contributed by atoms with E-state index in [1.807, 2.05) is 18.2 Å². The first-order chi connectivity index (χ1) is 8.13. The number of aliphatic hydroxyl groups excluding tert-OH is 1. The second-order valence-electron chi connectivity index (χ2n) is 3.75. The largest absolute Gasteiger partial charge is 0.483 e. The SMILES string of the molecule is C[C@H](O)CNC(=O)COc1ccccc1CN. The van der Waals surface area contributed by atoms with E-state index in [4.69, 9.17) is 15.6 Å². The van der Waals surface area contributed by atoms with Gasteiger partial charge in [-0.15, -0.1) is 0 Å². The molecular formula is C12H18N2O3. The van der Waals surface area contributed by atoms with Crippen LogP contribution in [0, 0.1) is 0 Å². The van der Waals surface area contributed by atoms with Crippen LogP contribution in [0.25, 0.3) is 0 Å². The summed E-state index contributed by atoms with van der Waals surface area (Å²) in [5, 5.41) is 11.5. The van der Waals surface area contributed by atoms with E-state index >= 15 is 0 Å². The molecule has 1 amide bonds. The van der Waals surface area contributed by atoms with Crippen LogP contribution < -0.4 is 15.8 Å². The second-order valence-corrected chi connectivity index (χ2v) is 3.75. The summed E-state index contributed by atoms with van der Waals surface area (Å²) in [6.07, 6.45) is -0.560. The molecule has 17 heavy (non-hydrogen) atoms. The third kappa shape index (κ3) is 4.84. The summed E-state index contributed by atoms with van der Waals surface area (Å²) in [4.78, 5) is 11.3. The summed E-state index contributed by atoms with van der Waals surface area (Å²) in [6.45, 7) is 2.11. The highest BCUT2D eigenvalue weighted by Crippen LogP contribution is 2.16. The average Bonchev–Trinajstić information content (AvgIpc) is 2.34. The van der Waals surface area contributed by atoms with E-state index in [0.29, 0.717) is 12.3 Å². The molecule has 0 aromatic heterocycles. The zero-order valence-electron chi connectivity index (χ0n) is 9.85. The number of hydrogen-bond donors (Lipinski definition) is 3. The van der Waals surface area contributed by atoms with Gasteiger partial charge in [0.05, 0.1) is 6.10 Å². The predicted molar refractivity (Wildman–Crippen MR) is 64.5 cm³/mol. The van der Waals surface area contributed by atoms with E-state index in [2.05, 4.69) is 5.32 Å². The molecule has 0 radical (unpaired) electrons. The van der Waals surface area contributed by atoms with Gasteiger partial charge in [0.15, 0.2) is 6.61 Å². The number of carbonyl (C=O) groups excluding carboxylic acids is 1. The molecule has 1 rings (SSSR count). The van der Waals surface area contributed by atoms with E-state index in [9.17, 15) is 4.79 Å². The molecule has 0 unspecified atom stereocenters. The number of para-hydroxylation sites is 1. The van der Waals surface area contributed by atoms with Crippen LogP contribution in [0.15, 0.2) is 24.3 Å². The molecule has 1 aromatic carbocycles. The molecule has 4 N–H and O–H groups in total. The lowest BCUT2D eigenvalue weighted by Crippen LogP contribution is -2.34. The maximum absolute atomic E-state index is 11.3. The Morgan fingerprint density at radius 2 is 2.24 bits per heavy atom.